The minimum atomic E-state index is 0.821. The van der Waals surface area contributed by atoms with Gasteiger partial charge in [0.15, 0.2) is 0 Å². The van der Waals surface area contributed by atoms with Crippen molar-refractivity contribution in [3.8, 4) is 0 Å². The lowest BCUT2D eigenvalue weighted by molar-refractivity contribution is 0.493. The van der Waals surface area contributed by atoms with Crippen LogP contribution in [0, 0.1) is 0 Å². The quantitative estimate of drug-likeness (QED) is 0.520. The minimum Gasteiger partial charge on any atom is -0.226 e. The Hall–Kier alpha value is 0.690. The van der Waals surface area contributed by atoms with Crippen molar-refractivity contribution in [1.82, 2.24) is 8.34 Å². The van der Waals surface area contributed by atoms with Crippen LogP contribution in [-0.4, -0.2) is 28.1 Å². The molecular formula is C3H6BrClN2. The lowest BCUT2D eigenvalue weighted by Crippen LogP contribution is -2.08. The molecular weight excluding hydrogens is 179 g/mol. The molecule has 1 aliphatic rings. The van der Waals surface area contributed by atoms with E-state index in [4.69, 9.17) is 11.8 Å². The number of halogens is 2. The first-order valence-corrected chi connectivity index (χ1v) is 3.15. The standard InChI is InChI=1S/C3H6BrClN2/c4-6-1-2-7(5)3-6/h1-3H2. The van der Waals surface area contributed by atoms with Crippen molar-refractivity contribution >= 4 is 27.9 Å². The molecule has 0 aromatic rings. The zero-order chi connectivity index (χ0) is 5.28. The zero-order valence-corrected chi connectivity index (χ0v) is 6.11. The van der Waals surface area contributed by atoms with Crippen molar-refractivity contribution in [2.45, 2.75) is 0 Å². The molecule has 0 spiro atoms. The Morgan fingerprint density at radius 3 is 2.29 bits per heavy atom. The summed E-state index contributed by atoms with van der Waals surface area (Å²) in [6.07, 6.45) is 0. The summed E-state index contributed by atoms with van der Waals surface area (Å²) in [6, 6.07) is 0. The first kappa shape index (κ1) is 5.82. The normalized spacial score (nSPS) is 26.6. The average Bonchev–Trinajstić information content (AvgIpc) is 1.87. The molecule has 0 atom stereocenters. The summed E-state index contributed by atoms with van der Waals surface area (Å²) in [5.74, 6) is 0. The molecule has 0 unspecified atom stereocenters. The molecule has 0 amide bonds. The van der Waals surface area contributed by atoms with E-state index in [-0.39, 0.29) is 0 Å². The lowest BCUT2D eigenvalue weighted by atomic mass is 10.7. The van der Waals surface area contributed by atoms with E-state index in [2.05, 4.69) is 16.1 Å². The minimum absolute atomic E-state index is 0.821. The van der Waals surface area contributed by atoms with Crippen molar-refractivity contribution in [3.05, 3.63) is 0 Å². The highest BCUT2D eigenvalue weighted by Crippen LogP contribution is 2.09. The fourth-order valence-electron chi connectivity index (χ4n) is 0.525. The highest BCUT2D eigenvalue weighted by molar-refractivity contribution is 9.07. The number of nitrogens with zero attached hydrogens (tertiary/aromatic N) is 2. The Bertz CT molecular complexity index is 62.0. The molecule has 7 heavy (non-hydrogen) atoms. The van der Waals surface area contributed by atoms with Crippen LogP contribution in [-0.2, 0) is 0 Å². The summed E-state index contributed by atoms with van der Waals surface area (Å²) in [6.45, 7) is 2.79. The molecule has 2 nitrogen and oxygen atoms in total. The first-order valence-electron chi connectivity index (χ1n) is 2.10. The molecule has 0 radical (unpaired) electrons. The third-order valence-corrected chi connectivity index (χ3v) is 1.75. The monoisotopic (exact) mass is 184 g/mol. The fourth-order valence-corrected chi connectivity index (χ4v) is 1.29. The Labute approximate surface area is 56.5 Å². The summed E-state index contributed by atoms with van der Waals surface area (Å²) in [4.78, 5) is 0. The summed E-state index contributed by atoms with van der Waals surface area (Å²) in [5.41, 5.74) is 0. The highest BCUT2D eigenvalue weighted by Gasteiger charge is 2.13. The maximum Gasteiger partial charge on any atom is 0.0755 e. The van der Waals surface area contributed by atoms with Crippen LogP contribution < -0.4 is 0 Å². The summed E-state index contributed by atoms with van der Waals surface area (Å²) in [7, 11) is 0. The van der Waals surface area contributed by atoms with Gasteiger partial charge in [0.05, 0.1) is 6.67 Å². The molecule has 1 heterocycles. The first-order chi connectivity index (χ1) is 3.29. The van der Waals surface area contributed by atoms with Crippen molar-refractivity contribution in [2.75, 3.05) is 19.8 Å². The molecule has 1 fully saturated rings. The number of rotatable bonds is 0. The van der Waals surface area contributed by atoms with Gasteiger partial charge in [-0.15, -0.1) is 0 Å². The van der Waals surface area contributed by atoms with E-state index >= 15 is 0 Å². The largest absolute Gasteiger partial charge is 0.226 e. The van der Waals surface area contributed by atoms with E-state index in [1.165, 1.54) is 0 Å². The molecule has 0 bridgehead atoms. The fraction of sp³-hybridized carbons (Fsp3) is 1.00. The van der Waals surface area contributed by atoms with Gasteiger partial charge in [-0.1, -0.05) is 0 Å². The number of hydrogen-bond acceptors (Lipinski definition) is 2. The van der Waals surface area contributed by atoms with Gasteiger partial charge in [0, 0.05) is 29.2 Å². The van der Waals surface area contributed by atoms with Gasteiger partial charge in [-0.2, -0.15) is 0 Å². The van der Waals surface area contributed by atoms with Crippen LogP contribution in [0.3, 0.4) is 0 Å². The van der Waals surface area contributed by atoms with E-state index in [0.717, 1.165) is 19.8 Å². The van der Waals surface area contributed by atoms with Crippen LogP contribution in [0.1, 0.15) is 0 Å². The molecule has 42 valence electrons. The van der Waals surface area contributed by atoms with Crippen molar-refractivity contribution in [3.63, 3.8) is 0 Å². The molecule has 0 aromatic carbocycles. The Morgan fingerprint density at radius 2 is 2.14 bits per heavy atom. The van der Waals surface area contributed by atoms with Crippen LogP contribution in [0.4, 0.5) is 0 Å². The molecule has 1 aliphatic heterocycles. The maximum atomic E-state index is 5.57. The Morgan fingerprint density at radius 1 is 1.43 bits per heavy atom. The van der Waals surface area contributed by atoms with Crippen LogP contribution in [0.15, 0.2) is 0 Å². The molecule has 4 heteroatoms. The van der Waals surface area contributed by atoms with Gasteiger partial charge in [0.25, 0.3) is 0 Å². The summed E-state index contributed by atoms with van der Waals surface area (Å²) < 4.78 is 3.72. The van der Waals surface area contributed by atoms with Gasteiger partial charge >= 0.3 is 0 Å². The Kier molecular flexibility index (Phi) is 1.92. The Balaban J connectivity index is 2.26. The van der Waals surface area contributed by atoms with E-state index in [9.17, 15) is 0 Å². The molecule has 1 saturated heterocycles. The van der Waals surface area contributed by atoms with Gasteiger partial charge < -0.3 is 0 Å². The predicted octanol–water partition coefficient (Wildman–Crippen LogP) is 1.03. The number of hydrogen-bond donors (Lipinski definition) is 0. The summed E-state index contributed by atoms with van der Waals surface area (Å²) in [5, 5.41) is 0. The van der Waals surface area contributed by atoms with Crippen molar-refractivity contribution < 1.29 is 0 Å². The second-order valence-electron chi connectivity index (χ2n) is 1.51. The molecule has 0 aromatic heterocycles. The average molecular weight is 185 g/mol. The molecule has 1 rings (SSSR count). The van der Waals surface area contributed by atoms with Gasteiger partial charge in [-0.3, -0.25) is 0 Å². The molecule has 0 aliphatic carbocycles. The van der Waals surface area contributed by atoms with E-state index < -0.39 is 0 Å². The van der Waals surface area contributed by atoms with Crippen molar-refractivity contribution in [1.29, 1.82) is 0 Å². The van der Waals surface area contributed by atoms with E-state index in [0.29, 0.717) is 0 Å². The van der Waals surface area contributed by atoms with E-state index in [1.807, 2.05) is 3.93 Å². The lowest BCUT2D eigenvalue weighted by Gasteiger charge is -2.00. The third kappa shape index (κ3) is 1.57. The van der Waals surface area contributed by atoms with Gasteiger partial charge in [-0.05, 0) is 11.8 Å². The van der Waals surface area contributed by atoms with Gasteiger partial charge in [0.2, 0.25) is 0 Å². The zero-order valence-electron chi connectivity index (χ0n) is 3.77. The second-order valence-corrected chi connectivity index (χ2v) is 3.00. The molecule has 0 saturated carbocycles. The smallest absolute Gasteiger partial charge is 0.0755 e. The van der Waals surface area contributed by atoms with Crippen molar-refractivity contribution in [2.24, 2.45) is 0 Å². The van der Waals surface area contributed by atoms with Crippen LogP contribution >= 0.6 is 27.9 Å². The van der Waals surface area contributed by atoms with Gasteiger partial charge in [0.1, 0.15) is 0 Å². The third-order valence-electron chi connectivity index (χ3n) is 0.892. The molecule has 0 N–H and O–H groups in total. The maximum absolute atomic E-state index is 5.57. The van der Waals surface area contributed by atoms with Crippen LogP contribution in [0.2, 0.25) is 0 Å². The van der Waals surface area contributed by atoms with Crippen LogP contribution in [0.25, 0.3) is 0 Å². The summed E-state index contributed by atoms with van der Waals surface area (Å²) >= 11 is 8.85. The SMILES string of the molecule is ClN1CCN(Br)C1. The predicted molar refractivity (Wildman–Crippen MR) is 33.1 cm³/mol. The van der Waals surface area contributed by atoms with Gasteiger partial charge in [-0.25, -0.2) is 8.34 Å². The highest BCUT2D eigenvalue weighted by atomic mass is 79.9. The van der Waals surface area contributed by atoms with Crippen LogP contribution in [0.5, 0.6) is 0 Å². The topological polar surface area (TPSA) is 6.48 Å². The second kappa shape index (κ2) is 2.31. The van der Waals surface area contributed by atoms with E-state index in [1.54, 1.807) is 4.42 Å².